The van der Waals surface area contributed by atoms with Gasteiger partial charge in [0.15, 0.2) is 0 Å². The number of halogens is 1. The number of fused-ring (bicyclic) bond motifs is 2. The number of pyridine rings is 1. The maximum absolute atomic E-state index is 16.6. The standard InChI is InChI=1S/C44H50FN6O8PS/c1-4-21-58-44(55)27(2)49-60(56,59-32-12-6-5-7-13-32)39(45)28-16-19-37-29(22-28)23-38(61-37)40(52)48-35-15-9-8-11-31-17-18-36(51(31)42(35)53)43(54)50-25-30(24-46)34(26-50)33-14-10-20-47-41(33)57-3/h5-7,10,12-14,16,19-20,22-23,27,30-31,34-36,39H,4,8-9,11,15,17-18,21,25-26H2,1-3H3,(H,48,52)(H,49,56)/t27-,30-,31-,34-,35-,36-,39?,60?/m0/s1. The quantitative estimate of drug-likeness (QED) is 0.0961. The average Bonchev–Trinajstić information content (AvgIpc) is 4.02. The number of aromatic nitrogens is 1. The van der Waals surface area contributed by atoms with Gasteiger partial charge in [-0.15, -0.1) is 11.3 Å². The number of hydrogen-bond donors (Lipinski definition) is 2. The second-order valence-electron chi connectivity index (χ2n) is 15.8. The Morgan fingerprint density at radius 2 is 1.84 bits per heavy atom. The van der Waals surface area contributed by atoms with Gasteiger partial charge in [0, 0.05) is 41.5 Å². The van der Waals surface area contributed by atoms with Gasteiger partial charge < -0.3 is 29.1 Å². The van der Waals surface area contributed by atoms with Crippen LogP contribution >= 0.6 is 18.9 Å². The molecule has 0 radical (unpaired) electrons. The molecule has 3 fully saturated rings. The van der Waals surface area contributed by atoms with E-state index in [4.69, 9.17) is 14.0 Å². The summed E-state index contributed by atoms with van der Waals surface area (Å²) in [4.78, 5) is 63.1. The van der Waals surface area contributed by atoms with Crippen molar-refractivity contribution in [3.8, 4) is 17.7 Å². The Labute approximate surface area is 358 Å². The summed E-state index contributed by atoms with van der Waals surface area (Å²) >= 11 is 1.17. The van der Waals surface area contributed by atoms with Crippen molar-refractivity contribution in [2.75, 3.05) is 26.8 Å². The Morgan fingerprint density at radius 3 is 2.59 bits per heavy atom. The van der Waals surface area contributed by atoms with Crippen LogP contribution in [0.25, 0.3) is 10.1 Å². The summed E-state index contributed by atoms with van der Waals surface area (Å²) in [6.45, 7) is 3.93. The van der Waals surface area contributed by atoms with Crippen LogP contribution in [0, 0.1) is 17.2 Å². The number of alkyl halides is 1. The largest absolute Gasteiger partial charge is 0.481 e. The van der Waals surface area contributed by atoms with Crippen LogP contribution in [0.4, 0.5) is 4.39 Å². The van der Waals surface area contributed by atoms with Crippen LogP contribution in [-0.2, 0) is 23.7 Å². The molecule has 2 unspecified atom stereocenters. The fourth-order valence-corrected chi connectivity index (χ4v) is 11.4. The van der Waals surface area contributed by atoms with Crippen LogP contribution in [0.1, 0.15) is 91.4 Å². The first-order valence-corrected chi connectivity index (χ1v) is 23.2. The molecule has 0 aliphatic carbocycles. The van der Waals surface area contributed by atoms with Crippen LogP contribution in [0.3, 0.4) is 0 Å². The molecule has 0 saturated carbocycles. The van der Waals surface area contributed by atoms with E-state index in [0.29, 0.717) is 54.6 Å². The fraction of sp³-hybridized carbons (Fsp3) is 0.455. The van der Waals surface area contributed by atoms with Crippen LogP contribution in [-0.4, -0.2) is 89.4 Å². The van der Waals surface area contributed by atoms with Gasteiger partial charge in [0.1, 0.15) is 23.9 Å². The van der Waals surface area contributed by atoms with Crippen molar-refractivity contribution in [3.63, 3.8) is 0 Å². The van der Waals surface area contributed by atoms with Crippen molar-refractivity contribution in [1.29, 1.82) is 5.26 Å². The molecule has 7 rings (SSSR count). The van der Waals surface area contributed by atoms with Gasteiger partial charge >= 0.3 is 13.5 Å². The van der Waals surface area contributed by atoms with Crippen molar-refractivity contribution in [2.24, 2.45) is 5.92 Å². The van der Waals surface area contributed by atoms with Crippen LogP contribution in [0.15, 0.2) is 72.9 Å². The number of likely N-dealkylation sites (tertiary alicyclic amines) is 1. The van der Waals surface area contributed by atoms with Gasteiger partial charge in [-0.2, -0.15) is 5.26 Å². The number of nitrogens with one attached hydrogen (secondary N) is 2. The summed E-state index contributed by atoms with van der Waals surface area (Å²) in [5.41, 5.74) is 0.766. The molecule has 3 saturated heterocycles. The number of carbonyl (C=O) groups excluding carboxylic acids is 4. The van der Waals surface area contributed by atoms with Gasteiger partial charge in [-0.05, 0) is 86.4 Å². The van der Waals surface area contributed by atoms with E-state index in [1.165, 1.54) is 49.6 Å². The molecule has 3 aliphatic rings. The second kappa shape index (κ2) is 19.1. The third-order valence-electron chi connectivity index (χ3n) is 11.6. The molecule has 2 N–H and O–H groups in total. The molecule has 8 atom stereocenters. The first-order valence-electron chi connectivity index (χ1n) is 20.7. The van der Waals surface area contributed by atoms with Gasteiger partial charge in [0.25, 0.3) is 5.91 Å². The van der Waals surface area contributed by atoms with Crippen molar-refractivity contribution in [3.05, 3.63) is 88.9 Å². The molecule has 5 heterocycles. The maximum Gasteiger partial charge on any atom is 0.355 e. The number of para-hydroxylation sites is 1. The lowest BCUT2D eigenvalue weighted by Gasteiger charge is -2.36. The molecule has 3 amide bonds. The van der Waals surface area contributed by atoms with E-state index in [9.17, 15) is 29.0 Å². The minimum atomic E-state index is -4.46. The van der Waals surface area contributed by atoms with E-state index in [1.807, 2.05) is 13.0 Å². The molecule has 61 heavy (non-hydrogen) atoms. The van der Waals surface area contributed by atoms with Gasteiger partial charge in [-0.3, -0.25) is 23.7 Å². The highest BCUT2D eigenvalue weighted by Crippen LogP contribution is 2.58. The second-order valence-corrected chi connectivity index (χ2v) is 18.9. The van der Waals surface area contributed by atoms with E-state index in [0.717, 1.165) is 18.4 Å². The number of esters is 1. The van der Waals surface area contributed by atoms with Crippen LogP contribution < -0.4 is 19.7 Å². The number of benzene rings is 2. The SMILES string of the molecule is CCCOC(=O)[C@H](C)NP(=O)(Oc1ccccc1)C(F)c1ccc2sc(C(=O)N[C@H]3CCCC[C@H]4CC[C@@H](C(=O)N5C[C@H](c6cccnc6OC)[C@@H](C#N)C5)N4C3=O)cc2c1. The monoisotopic (exact) mass is 872 g/mol. The number of nitriles is 1. The predicted octanol–water partition coefficient (Wildman–Crippen LogP) is 7.27. The van der Waals surface area contributed by atoms with Gasteiger partial charge in [0.2, 0.25) is 23.6 Å². The Hall–Kier alpha value is -5.36. The highest BCUT2D eigenvalue weighted by atomic mass is 32.1. The van der Waals surface area contributed by atoms with Crippen LogP contribution in [0.5, 0.6) is 11.6 Å². The zero-order valence-electron chi connectivity index (χ0n) is 34.3. The number of hydrogen-bond acceptors (Lipinski definition) is 11. The Bertz CT molecular complexity index is 2340. The van der Waals surface area contributed by atoms with Crippen molar-refractivity contribution in [2.45, 2.75) is 94.8 Å². The molecule has 322 valence electrons. The number of nitrogens with zero attached hydrogens (tertiary/aromatic N) is 4. The smallest absolute Gasteiger partial charge is 0.355 e. The molecular formula is C44H50FN6O8PS. The molecule has 14 nitrogen and oxygen atoms in total. The topological polar surface area (TPSA) is 180 Å². The summed E-state index contributed by atoms with van der Waals surface area (Å²) in [5.74, 6) is -4.13. The number of ether oxygens (including phenoxy) is 2. The zero-order valence-corrected chi connectivity index (χ0v) is 36.0. The van der Waals surface area contributed by atoms with Gasteiger partial charge in [-0.25, -0.2) is 14.5 Å². The van der Waals surface area contributed by atoms with Crippen molar-refractivity contribution < 1.29 is 42.1 Å². The third-order valence-corrected chi connectivity index (χ3v) is 14.9. The first-order chi connectivity index (χ1) is 29.4. The predicted molar refractivity (Wildman–Crippen MR) is 227 cm³/mol. The summed E-state index contributed by atoms with van der Waals surface area (Å²) in [6.07, 6.45) is 6.02. The van der Waals surface area contributed by atoms with E-state index < -0.39 is 49.4 Å². The molecule has 3 aliphatic heterocycles. The number of rotatable bonds is 14. The molecule has 0 spiro atoms. The van der Waals surface area contributed by atoms with Crippen molar-refractivity contribution >= 4 is 52.6 Å². The van der Waals surface area contributed by atoms with Crippen molar-refractivity contribution in [1.82, 2.24) is 25.2 Å². The number of methoxy groups -OCH3 is 1. The molecule has 2 aromatic heterocycles. The van der Waals surface area contributed by atoms with Gasteiger partial charge in [0.05, 0.1) is 30.6 Å². The minimum absolute atomic E-state index is 0.00844. The van der Waals surface area contributed by atoms with E-state index >= 15 is 4.39 Å². The number of thiophene rings is 1. The summed E-state index contributed by atoms with van der Waals surface area (Å²) in [7, 11) is -2.94. The molecule has 0 bridgehead atoms. The summed E-state index contributed by atoms with van der Waals surface area (Å²) in [5, 5.41) is 16.1. The number of carbonyl (C=O) groups is 4. The van der Waals surface area contributed by atoms with Gasteiger partial charge in [-0.1, -0.05) is 50.1 Å². The Morgan fingerprint density at radius 1 is 1.05 bits per heavy atom. The molecular weight excluding hydrogens is 823 g/mol. The minimum Gasteiger partial charge on any atom is -0.481 e. The summed E-state index contributed by atoms with van der Waals surface area (Å²) in [6, 6.07) is 17.4. The lowest BCUT2D eigenvalue weighted by atomic mass is 9.90. The zero-order chi connectivity index (χ0) is 43.3. The highest BCUT2D eigenvalue weighted by molar-refractivity contribution is 7.57. The molecule has 17 heteroatoms. The number of amides is 3. The Balaban J connectivity index is 1.07. The fourth-order valence-electron chi connectivity index (χ4n) is 8.58. The summed E-state index contributed by atoms with van der Waals surface area (Å²) < 4.78 is 47.9. The molecule has 2 aromatic carbocycles. The van der Waals surface area contributed by atoms with E-state index in [2.05, 4.69) is 21.5 Å². The average molecular weight is 873 g/mol. The van der Waals surface area contributed by atoms with Crippen LogP contribution in [0.2, 0.25) is 0 Å². The lowest BCUT2D eigenvalue weighted by molar-refractivity contribution is -0.146. The van der Waals surface area contributed by atoms with E-state index in [-0.39, 0.29) is 53.1 Å². The highest BCUT2D eigenvalue weighted by Gasteiger charge is 2.48. The third kappa shape index (κ3) is 9.44. The van der Waals surface area contributed by atoms with E-state index in [1.54, 1.807) is 52.4 Å². The Kier molecular flexibility index (Phi) is 13.7. The first kappa shape index (κ1) is 43.7. The lowest BCUT2D eigenvalue weighted by Crippen LogP contribution is -2.56. The normalized spacial score (nSPS) is 23.5. The maximum atomic E-state index is 16.6. The molecule has 4 aromatic rings.